The fourth-order valence-corrected chi connectivity index (χ4v) is 4.21. The lowest BCUT2D eigenvalue weighted by Gasteiger charge is -2.14. The van der Waals surface area contributed by atoms with Gasteiger partial charge in [0.2, 0.25) is 0 Å². The van der Waals surface area contributed by atoms with Crippen LogP contribution in [0.3, 0.4) is 0 Å². The van der Waals surface area contributed by atoms with Crippen molar-refractivity contribution in [1.82, 2.24) is 0 Å². The highest BCUT2D eigenvalue weighted by Gasteiger charge is 2.15. The lowest BCUT2D eigenvalue weighted by Crippen LogP contribution is -2.14. The molecule has 33 heavy (non-hydrogen) atoms. The number of halogens is 2. The van der Waals surface area contributed by atoms with Gasteiger partial charge in [0.1, 0.15) is 23.2 Å². The van der Waals surface area contributed by atoms with Gasteiger partial charge in [0.15, 0.2) is 0 Å². The van der Waals surface area contributed by atoms with Gasteiger partial charge in [-0.3, -0.25) is 4.79 Å². The zero-order valence-corrected chi connectivity index (χ0v) is 20.9. The van der Waals surface area contributed by atoms with Crippen molar-refractivity contribution in [3.05, 3.63) is 97.4 Å². The Hall–Kier alpha value is -3.18. The Bertz CT molecular complexity index is 1260. The minimum absolute atomic E-state index is 0.00737. The highest BCUT2D eigenvalue weighted by molar-refractivity contribution is 14.1. The molecule has 168 valence electrons. The second-order valence-corrected chi connectivity index (χ2v) is 8.82. The molecule has 0 saturated carbocycles. The lowest BCUT2D eigenvalue weighted by atomic mass is 10.0. The van der Waals surface area contributed by atoms with Crippen LogP contribution in [-0.4, -0.2) is 12.5 Å². The van der Waals surface area contributed by atoms with Crippen LogP contribution in [0, 0.1) is 34.6 Å². The minimum atomic E-state index is -0.469. The molecule has 0 unspecified atom stereocenters. The molecule has 0 atom stereocenters. The Morgan fingerprint density at radius 1 is 1.18 bits per heavy atom. The number of carbonyl (C=O) groups is 1. The van der Waals surface area contributed by atoms with E-state index >= 15 is 0 Å². The third-order valence-corrected chi connectivity index (χ3v) is 6.03. The lowest BCUT2D eigenvalue weighted by molar-refractivity contribution is -0.112. The van der Waals surface area contributed by atoms with Gasteiger partial charge in [-0.1, -0.05) is 24.3 Å². The summed E-state index contributed by atoms with van der Waals surface area (Å²) in [4.78, 5) is 12.8. The predicted molar refractivity (Wildman–Crippen MR) is 138 cm³/mol. The molecule has 4 nitrogen and oxygen atoms in total. The van der Waals surface area contributed by atoms with Gasteiger partial charge in [-0.05, 0) is 102 Å². The number of benzene rings is 3. The maximum Gasteiger partial charge on any atom is 0.266 e. The fraction of sp³-hybridized carbons (Fsp3) is 0.185. The summed E-state index contributed by atoms with van der Waals surface area (Å²) in [7, 11) is 0. The van der Waals surface area contributed by atoms with E-state index in [9.17, 15) is 14.4 Å². The van der Waals surface area contributed by atoms with Crippen molar-refractivity contribution in [1.29, 1.82) is 5.26 Å². The number of anilines is 1. The fourth-order valence-electron chi connectivity index (χ4n) is 3.40. The first kappa shape index (κ1) is 24.5. The largest absolute Gasteiger partial charge is 0.494 e. The van der Waals surface area contributed by atoms with E-state index in [4.69, 9.17) is 4.74 Å². The van der Waals surface area contributed by atoms with E-state index in [2.05, 4.69) is 27.9 Å². The smallest absolute Gasteiger partial charge is 0.266 e. The van der Waals surface area contributed by atoms with E-state index in [-0.39, 0.29) is 11.4 Å². The van der Waals surface area contributed by atoms with Crippen molar-refractivity contribution in [2.45, 2.75) is 27.2 Å². The normalized spacial score (nSPS) is 11.1. The van der Waals surface area contributed by atoms with Crippen LogP contribution in [0.15, 0.2) is 60.2 Å². The predicted octanol–water partition coefficient (Wildman–Crippen LogP) is 6.58. The van der Waals surface area contributed by atoms with Crippen molar-refractivity contribution < 1.29 is 13.9 Å². The Morgan fingerprint density at radius 3 is 2.67 bits per heavy atom. The number of hydrogen-bond acceptors (Lipinski definition) is 3. The standard InChI is InChI=1S/C27H24FIN2O2/c1-4-33-26-15-20(14-24(29)23(26)13-19-6-5-7-22(28)12-19)11-21(16-30)27(32)31-25-10-17(2)8-9-18(25)3/h5-12,14-15H,4,13H2,1-3H3,(H,31,32)/b21-11+. The summed E-state index contributed by atoms with van der Waals surface area (Å²) in [5.41, 5.74) is 5.05. The van der Waals surface area contributed by atoms with E-state index in [1.807, 2.05) is 63.2 Å². The third-order valence-electron chi connectivity index (χ3n) is 5.06. The molecule has 0 heterocycles. The van der Waals surface area contributed by atoms with Gasteiger partial charge in [-0.25, -0.2) is 4.39 Å². The van der Waals surface area contributed by atoms with Crippen LogP contribution in [0.5, 0.6) is 5.75 Å². The highest BCUT2D eigenvalue weighted by atomic mass is 127. The topological polar surface area (TPSA) is 62.1 Å². The van der Waals surface area contributed by atoms with E-state index in [0.717, 1.165) is 25.8 Å². The molecule has 3 rings (SSSR count). The minimum Gasteiger partial charge on any atom is -0.494 e. The van der Waals surface area contributed by atoms with Gasteiger partial charge >= 0.3 is 0 Å². The molecule has 1 amide bonds. The van der Waals surface area contributed by atoms with E-state index < -0.39 is 5.91 Å². The molecule has 0 fully saturated rings. The average Bonchev–Trinajstić information content (AvgIpc) is 2.77. The molecular formula is C27H24FIN2O2. The van der Waals surface area contributed by atoms with Gasteiger partial charge in [-0.2, -0.15) is 5.26 Å². The van der Waals surface area contributed by atoms with Gasteiger partial charge in [0.25, 0.3) is 5.91 Å². The Kier molecular flexibility index (Phi) is 8.23. The Labute approximate surface area is 207 Å². The summed E-state index contributed by atoms with van der Waals surface area (Å²) in [6, 6.07) is 17.9. The van der Waals surface area contributed by atoms with Crippen molar-refractivity contribution in [2.75, 3.05) is 11.9 Å². The number of nitrogens with one attached hydrogen (secondary N) is 1. The molecule has 0 spiro atoms. The van der Waals surface area contributed by atoms with Gasteiger partial charge < -0.3 is 10.1 Å². The first-order chi connectivity index (χ1) is 15.8. The number of carbonyl (C=O) groups excluding carboxylic acids is 1. The first-order valence-electron chi connectivity index (χ1n) is 10.5. The average molecular weight is 554 g/mol. The molecule has 0 aromatic heterocycles. The maximum absolute atomic E-state index is 13.6. The van der Waals surface area contributed by atoms with Crippen LogP contribution in [0.1, 0.15) is 34.7 Å². The highest BCUT2D eigenvalue weighted by Crippen LogP contribution is 2.30. The molecule has 0 bridgehead atoms. The van der Waals surface area contributed by atoms with Crippen LogP contribution in [0.2, 0.25) is 0 Å². The summed E-state index contributed by atoms with van der Waals surface area (Å²) < 4.78 is 20.4. The number of hydrogen-bond donors (Lipinski definition) is 1. The number of nitrogens with zero attached hydrogens (tertiary/aromatic N) is 1. The Balaban J connectivity index is 1.93. The summed E-state index contributed by atoms with van der Waals surface area (Å²) in [5, 5.41) is 12.5. The van der Waals surface area contributed by atoms with Crippen LogP contribution >= 0.6 is 22.6 Å². The van der Waals surface area contributed by atoms with Gasteiger partial charge in [-0.15, -0.1) is 0 Å². The molecule has 0 saturated heterocycles. The number of aryl methyl sites for hydroxylation is 2. The first-order valence-corrected chi connectivity index (χ1v) is 11.6. The summed E-state index contributed by atoms with van der Waals surface area (Å²) in [6.07, 6.45) is 2.06. The quantitative estimate of drug-likeness (QED) is 0.204. The van der Waals surface area contributed by atoms with Crippen LogP contribution in [0.25, 0.3) is 6.08 Å². The second kappa shape index (κ2) is 11.1. The molecular weight excluding hydrogens is 530 g/mol. The van der Waals surface area contributed by atoms with Crippen molar-refractivity contribution in [2.24, 2.45) is 0 Å². The zero-order valence-electron chi connectivity index (χ0n) is 18.7. The van der Waals surface area contributed by atoms with Gasteiger partial charge in [0.05, 0.1) is 6.61 Å². The van der Waals surface area contributed by atoms with Crippen molar-refractivity contribution >= 4 is 40.3 Å². The third kappa shape index (κ3) is 6.42. The second-order valence-electron chi connectivity index (χ2n) is 7.66. The van der Waals surface area contributed by atoms with E-state index in [1.165, 1.54) is 12.1 Å². The number of amides is 1. The molecule has 0 radical (unpaired) electrons. The molecule has 0 aliphatic heterocycles. The number of rotatable bonds is 7. The van der Waals surface area contributed by atoms with Gasteiger partial charge in [0, 0.05) is 21.2 Å². The van der Waals surface area contributed by atoms with E-state index in [0.29, 0.717) is 30.0 Å². The molecule has 0 aliphatic rings. The van der Waals surface area contributed by atoms with E-state index in [1.54, 1.807) is 12.1 Å². The van der Waals surface area contributed by atoms with Crippen LogP contribution in [0.4, 0.5) is 10.1 Å². The van der Waals surface area contributed by atoms with Crippen LogP contribution < -0.4 is 10.1 Å². The molecule has 6 heteroatoms. The SMILES string of the molecule is CCOc1cc(/C=C(\C#N)C(=O)Nc2cc(C)ccc2C)cc(I)c1Cc1cccc(F)c1. The number of ether oxygens (including phenoxy) is 1. The maximum atomic E-state index is 13.6. The molecule has 3 aromatic carbocycles. The molecule has 3 aromatic rings. The summed E-state index contributed by atoms with van der Waals surface area (Å²) in [6.45, 7) is 6.19. The summed E-state index contributed by atoms with van der Waals surface area (Å²) in [5.74, 6) is -0.108. The zero-order chi connectivity index (χ0) is 24.0. The Morgan fingerprint density at radius 2 is 1.97 bits per heavy atom. The monoisotopic (exact) mass is 554 g/mol. The molecule has 1 N–H and O–H groups in total. The summed E-state index contributed by atoms with van der Waals surface area (Å²) >= 11 is 2.20. The van der Waals surface area contributed by atoms with Crippen molar-refractivity contribution in [3.63, 3.8) is 0 Å². The van der Waals surface area contributed by atoms with Crippen molar-refractivity contribution in [3.8, 4) is 11.8 Å². The number of nitriles is 1. The molecule has 0 aliphatic carbocycles. The van der Waals surface area contributed by atoms with Crippen LogP contribution in [-0.2, 0) is 11.2 Å².